The molecule has 2 aromatic rings. The summed E-state index contributed by atoms with van der Waals surface area (Å²) in [6.45, 7) is 3.10. The zero-order chi connectivity index (χ0) is 22.0. The Hall–Kier alpha value is -3.14. The highest BCUT2D eigenvalue weighted by Crippen LogP contribution is 2.44. The van der Waals surface area contributed by atoms with Gasteiger partial charge in [-0.05, 0) is 12.1 Å². The highest BCUT2D eigenvalue weighted by Gasteiger charge is 2.38. The second kappa shape index (κ2) is 8.93. The maximum atomic E-state index is 13.5. The first-order valence-electron chi connectivity index (χ1n) is 10.4. The van der Waals surface area contributed by atoms with Crippen molar-refractivity contribution in [3.8, 4) is 5.75 Å². The van der Waals surface area contributed by atoms with Crippen LogP contribution in [0.2, 0.25) is 0 Å². The predicted molar refractivity (Wildman–Crippen MR) is 118 cm³/mol. The molecule has 0 saturated carbocycles. The molecule has 4 rings (SSSR count). The van der Waals surface area contributed by atoms with Gasteiger partial charge in [0.05, 0.1) is 41.3 Å². The molecular weight excluding hydrogens is 400 g/mol. The van der Waals surface area contributed by atoms with E-state index in [1.54, 1.807) is 12.1 Å². The highest BCUT2D eigenvalue weighted by molar-refractivity contribution is 6.33. The lowest BCUT2D eigenvalue weighted by Crippen LogP contribution is -2.38. The molecule has 0 unspecified atom stereocenters. The summed E-state index contributed by atoms with van der Waals surface area (Å²) in [4.78, 5) is 28.9. The number of phenols is 1. The first-order chi connectivity index (χ1) is 15.1. The van der Waals surface area contributed by atoms with Gasteiger partial charge in [-0.1, -0.05) is 12.1 Å². The van der Waals surface area contributed by atoms with Gasteiger partial charge in [0.1, 0.15) is 5.75 Å². The first kappa shape index (κ1) is 21.1. The van der Waals surface area contributed by atoms with Crippen molar-refractivity contribution in [1.29, 1.82) is 0 Å². The molecular formula is C22H26N4O5. The summed E-state index contributed by atoms with van der Waals surface area (Å²) in [7, 11) is 0. The van der Waals surface area contributed by atoms with E-state index in [1.165, 1.54) is 6.07 Å². The van der Waals surface area contributed by atoms with Crippen LogP contribution in [0.1, 0.15) is 31.8 Å². The first-order valence-corrected chi connectivity index (χ1v) is 10.4. The number of benzene rings is 2. The smallest absolute Gasteiger partial charge is 0.200 e. The van der Waals surface area contributed by atoms with E-state index in [0.717, 1.165) is 5.69 Å². The van der Waals surface area contributed by atoms with Crippen molar-refractivity contribution >= 4 is 28.6 Å². The van der Waals surface area contributed by atoms with Crippen molar-refractivity contribution in [2.45, 2.75) is 0 Å². The standard InChI is InChI=1S/C22H26N4O5/c27-10-7-23-4-5-24-14-12-15-20(25-6-8-26(15)9-11-28)19-18(14)21(30)13-2-1-3-16(29)17(13)22(19)31/h1-3,12,23-25,27-29H,4-11H2. The largest absolute Gasteiger partial charge is 0.507 e. The highest BCUT2D eigenvalue weighted by atomic mass is 16.3. The third kappa shape index (κ3) is 3.71. The average molecular weight is 426 g/mol. The van der Waals surface area contributed by atoms with E-state index in [-0.39, 0.29) is 47.0 Å². The van der Waals surface area contributed by atoms with Gasteiger partial charge in [0.2, 0.25) is 0 Å². The Morgan fingerprint density at radius 1 is 1.00 bits per heavy atom. The minimum Gasteiger partial charge on any atom is -0.507 e. The molecule has 0 saturated heterocycles. The summed E-state index contributed by atoms with van der Waals surface area (Å²) >= 11 is 0. The van der Waals surface area contributed by atoms with Gasteiger partial charge >= 0.3 is 0 Å². The molecule has 1 aliphatic carbocycles. The monoisotopic (exact) mass is 426 g/mol. The van der Waals surface area contributed by atoms with Crippen molar-refractivity contribution in [3.05, 3.63) is 46.5 Å². The Morgan fingerprint density at radius 3 is 2.61 bits per heavy atom. The van der Waals surface area contributed by atoms with Gasteiger partial charge in [-0.3, -0.25) is 9.59 Å². The molecule has 0 aromatic heterocycles. The number of carbonyl (C=O) groups is 2. The number of rotatable bonds is 8. The number of hydrogen-bond acceptors (Lipinski definition) is 9. The lowest BCUT2D eigenvalue weighted by atomic mass is 9.81. The number of aliphatic hydroxyl groups excluding tert-OH is 2. The molecule has 6 N–H and O–H groups in total. The predicted octanol–water partition coefficient (Wildman–Crippen LogP) is 0.386. The average Bonchev–Trinajstić information content (AvgIpc) is 2.77. The SMILES string of the molecule is O=C1c2cccc(O)c2C(=O)c2c3c(cc(NCCNCCO)c21)N(CCO)CCN3. The van der Waals surface area contributed by atoms with Crippen LogP contribution in [-0.2, 0) is 0 Å². The number of anilines is 3. The normalized spacial score (nSPS) is 14.6. The van der Waals surface area contributed by atoms with E-state index in [1.807, 2.05) is 11.0 Å². The Labute approximate surface area is 179 Å². The van der Waals surface area contributed by atoms with E-state index in [2.05, 4.69) is 16.0 Å². The zero-order valence-corrected chi connectivity index (χ0v) is 17.1. The number of aliphatic hydroxyl groups is 2. The Kier molecular flexibility index (Phi) is 6.08. The fraction of sp³-hybridized carbons (Fsp3) is 0.364. The topological polar surface area (TPSA) is 134 Å². The van der Waals surface area contributed by atoms with Crippen LogP contribution in [-0.4, -0.2) is 79.4 Å². The van der Waals surface area contributed by atoms with Gasteiger partial charge in [-0.15, -0.1) is 0 Å². The molecule has 1 heterocycles. The summed E-state index contributed by atoms with van der Waals surface area (Å²) in [6.07, 6.45) is 0. The fourth-order valence-corrected chi connectivity index (χ4v) is 4.21. The van der Waals surface area contributed by atoms with Gasteiger partial charge in [0.15, 0.2) is 11.6 Å². The molecule has 31 heavy (non-hydrogen) atoms. The second-order valence-corrected chi connectivity index (χ2v) is 7.46. The van der Waals surface area contributed by atoms with Crippen LogP contribution in [0.4, 0.5) is 17.1 Å². The molecule has 9 nitrogen and oxygen atoms in total. The summed E-state index contributed by atoms with van der Waals surface area (Å²) in [5.74, 6) is -0.945. The maximum Gasteiger partial charge on any atom is 0.200 e. The van der Waals surface area contributed by atoms with Crippen LogP contribution < -0.4 is 20.9 Å². The van der Waals surface area contributed by atoms with Crippen molar-refractivity contribution in [1.82, 2.24) is 5.32 Å². The van der Waals surface area contributed by atoms with E-state index in [0.29, 0.717) is 50.6 Å². The molecule has 0 spiro atoms. The van der Waals surface area contributed by atoms with Crippen LogP contribution in [0.5, 0.6) is 5.75 Å². The van der Waals surface area contributed by atoms with Crippen LogP contribution in [0, 0.1) is 0 Å². The number of hydrogen-bond donors (Lipinski definition) is 6. The molecule has 0 bridgehead atoms. The fourth-order valence-electron chi connectivity index (χ4n) is 4.21. The Bertz CT molecular complexity index is 1020. The molecule has 0 atom stereocenters. The van der Waals surface area contributed by atoms with Crippen molar-refractivity contribution in [2.24, 2.45) is 0 Å². The third-order valence-corrected chi connectivity index (χ3v) is 5.57. The summed E-state index contributed by atoms with van der Waals surface area (Å²) in [5.41, 5.74) is 2.52. The quantitative estimate of drug-likeness (QED) is 0.283. The number of nitrogens with one attached hydrogen (secondary N) is 3. The van der Waals surface area contributed by atoms with E-state index >= 15 is 0 Å². The molecule has 1 aliphatic heterocycles. The van der Waals surface area contributed by atoms with E-state index in [4.69, 9.17) is 5.11 Å². The lowest BCUT2D eigenvalue weighted by Gasteiger charge is -2.35. The van der Waals surface area contributed by atoms with Crippen LogP contribution >= 0.6 is 0 Å². The molecule has 9 heteroatoms. The third-order valence-electron chi connectivity index (χ3n) is 5.57. The minimum absolute atomic E-state index is 0.0186. The Balaban J connectivity index is 1.84. The number of ketones is 2. The van der Waals surface area contributed by atoms with Crippen LogP contribution in [0.15, 0.2) is 24.3 Å². The van der Waals surface area contributed by atoms with Gasteiger partial charge in [-0.25, -0.2) is 0 Å². The second-order valence-electron chi connectivity index (χ2n) is 7.46. The number of fused-ring (bicyclic) bond motifs is 4. The number of phenolic OH excluding ortho intramolecular Hbond substituents is 1. The van der Waals surface area contributed by atoms with E-state index < -0.39 is 5.78 Å². The summed E-state index contributed by atoms with van der Waals surface area (Å²) in [6, 6.07) is 6.34. The van der Waals surface area contributed by atoms with Gasteiger partial charge in [-0.2, -0.15) is 0 Å². The number of β-amino-alcohol motifs (C(OH)–C–C–N with tert-alkyl or cyclic N) is 1. The van der Waals surface area contributed by atoms with Crippen LogP contribution in [0.3, 0.4) is 0 Å². The van der Waals surface area contributed by atoms with Crippen molar-refractivity contribution in [2.75, 3.05) is 68.0 Å². The van der Waals surface area contributed by atoms with Crippen LogP contribution in [0.25, 0.3) is 0 Å². The molecule has 0 fully saturated rings. The molecule has 2 aliphatic rings. The molecule has 2 aromatic carbocycles. The minimum atomic E-state index is -0.403. The zero-order valence-electron chi connectivity index (χ0n) is 17.1. The number of aromatic hydroxyl groups is 1. The van der Waals surface area contributed by atoms with Crippen molar-refractivity contribution < 1.29 is 24.9 Å². The lowest BCUT2D eigenvalue weighted by molar-refractivity contribution is 0.0977. The van der Waals surface area contributed by atoms with E-state index in [9.17, 15) is 19.8 Å². The molecule has 164 valence electrons. The number of nitrogens with zero attached hydrogens (tertiary/aromatic N) is 1. The molecule has 0 amide bonds. The molecule has 0 radical (unpaired) electrons. The van der Waals surface area contributed by atoms with Gasteiger partial charge in [0.25, 0.3) is 0 Å². The van der Waals surface area contributed by atoms with Gasteiger partial charge < -0.3 is 36.2 Å². The van der Waals surface area contributed by atoms with Gasteiger partial charge in [0, 0.05) is 50.5 Å². The van der Waals surface area contributed by atoms with Crippen molar-refractivity contribution in [3.63, 3.8) is 0 Å². The Morgan fingerprint density at radius 2 is 1.84 bits per heavy atom. The summed E-state index contributed by atoms with van der Waals surface area (Å²) in [5, 5.41) is 38.3. The number of carbonyl (C=O) groups excluding carboxylic acids is 2. The maximum absolute atomic E-state index is 13.5. The summed E-state index contributed by atoms with van der Waals surface area (Å²) < 4.78 is 0.